The van der Waals surface area contributed by atoms with Crippen molar-refractivity contribution >= 4 is 23.9 Å². The van der Waals surface area contributed by atoms with Crippen LogP contribution in [0.1, 0.15) is 24.8 Å². The highest BCUT2D eigenvalue weighted by Gasteiger charge is 2.09. The van der Waals surface area contributed by atoms with Crippen LogP contribution in [0, 0.1) is 0 Å². The van der Waals surface area contributed by atoms with Crippen molar-refractivity contribution < 1.29 is 4.74 Å². The second-order valence-corrected chi connectivity index (χ2v) is 4.31. The second-order valence-electron chi connectivity index (χ2n) is 4.31. The smallest absolute Gasteiger partial charge is 0.101 e. The van der Waals surface area contributed by atoms with Crippen molar-refractivity contribution in [2.45, 2.75) is 25.7 Å². The Morgan fingerprint density at radius 1 is 1.28 bits per heavy atom. The third kappa shape index (κ3) is 4.31. The molecule has 1 aromatic rings. The summed E-state index contributed by atoms with van der Waals surface area (Å²) in [5, 5.41) is 3.45. The van der Waals surface area contributed by atoms with E-state index in [1.807, 2.05) is 0 Å². The number of methoxy groups -OCH3 is 1. The Balaban J connectivity index is 0.00000162. The lowest BCUT2D eigenvalue weighted by Gasteiger charge is -2.08. The van der Waals surface area contributed by atoms with Crippen LogP contribution in [0.4, 0.5) is 5.69 Å². The summed E-state index contributed by atoms with van der Waals surface area (Å²) >= 11 is 0. The molecule has 100 valence electrons. The topological polar surface area (TPSA) is 33.6 Å². The van der Waals surface area contributed by atoms with Crippen molar-refractivity contribution in [3.8, 4) is 0 Å². The molecule has 1 aliphatic rings. The van der Waals surface area contributed by atoms with E-state index >= 15 is 0 Å². The van der Waals surface area contributed by atoms with Crippen LogP contribution in [0.2, 0.25) is 0 Å². The Kier molecular flexibility index (Phi) is 6.76. The van der Waals surface area contributed by atoms with Crippen LogP contribution in [0.25, 0.3) is 0 Å². The number of rotatable bonds is 4. The number of nitrogens with zero attached hydrogens (tertiary/aromatic N) is 1. The van der Waals surface area contributed by atoms with Gasteiger partial charge in [0.2, 0.25) is 0 Å². The lowest BCUT2D eigenvalue weighted by atomic mass is 10.1. The van der Waals surface area contributed by atoms with Gasteiger partial charge in [0.25, 0.3) is 0 Å². The number of ether oxygens (including phenoxy) is 1. The molecule has 0 amide bonds. The molecular weight excluding hydrogens is 248 g/mol. The molecule has 0 fully saturated rings. The van der Waals surface area contributed by atoms with Gasteiger partial charge in [-0.25, -0.2) is 0 Å². The third-order valence-electron chi connectivity index (χ3n) is 2.97. The zero-order valence-corrected chi connectivity index (χ0v) is 11.6. The third-order valence-corrected chi connectivity index (χ3v) is 2.97. The van der Waals surface area contributed by atoms with Gasteiger partial charge in [-0.3, -0.25) is 4.99 Å². The highest BCUT2D eigenvalue weighted by molar-refractivity contribution is 5.96. The standard InChI is InChI=1S/C14H20N2O.ClH/c1-17-11-5-10-15-14-9-4-7-12-6-2-3-8-13(12)16-14;/h2-3,6,8H,4-5,7,9-11H2,1H3,(H,15,16);1H. The van der Waals surface area contributed by atoms with Crippen molar-refractivity contribution in [1.29, 1.82) is 0 Å². The van der Waals surface area contributed by atoms with Crippen LogP contribution >= 0.6 is 12.4 Å². The molecule has 0 saturated carbocycles. The van der Waals surface area contributed by atoms with Gasteiger partial charge in [0, 0.05) is 32.4 Å². The number of para-hydroxylation sites is 1. The summed E-state index contributed by atoms with van der Waals surface area (Å²) in [5.41, 5.74) is 2.62. The van der Waals surface area contributed by atoms with E-state index in [1.54, 1.807) is 7.11 Å². The Hall–Kier alpha value is -1.06. The average Bonchev–Trinajstić information content (AvgIpc) is 2.56. The first-order chi connectivity index (χ1) is 8.40. The molecule has 1 N–H and O–H groups in total. The Labute approximate surface area is 115 Å². The molecule has 0 saturated heterocycles. The predicted molar refractivity (Wildman–Crippen MR) is 79.0 cm³/mol. The number of hydrogen-bond acceptors (Lipinski definition) is 2. The number of nitrogens with one attached hydrogen (secondary N) is 1. The van der Waals surface area contributed by atoms with Gasteiger partial charge in [-0.05, 0) is 30.9 Å². The molecule has 1 aromatic carbocycles. The SMILES string of the molecule is COCCCN=C1CCCc2ccccc2N1.Cl. The van der Waals surface area contributed by atoms with Crippen LogP contribution in [-0.4, -0.2) is 26.1 Å². The maximum atomic E-state index is 5.02. The monoisotopic (exact) mass is 268 g/mol. The quantitative estimate of drug-likeness (QED) is 0.850. The van der Waals surface area contributed by atoms with Gasteiger partial charge in [-0.1, -0.05) is 18.2 Å². The van der Waals surface area contributed by atoms with Crippen molar-refractivity contribution in [3.63, 3.8) is 0 Å². The van der Waals surface area contributed by atoms with E-state index in [4.69, 9.17) is 4.74 Å². The molecular formula is C14H21ClN2O. The first-order valence-corrected chi connectivity index (χ1v) is 6.27. The lowest BCUT2D eigenvalue weighted by Crippen LogP contribution is -2.11. The fourth-order valence-corrected chi connectivity index (χ4v) is 2.07. The van der Waals surface area contributed by atoms with Crippen LogP contribution in [0.3, 0.4) is 0 Å². The summed E-state index contributed by atoms with van der Waals surface area (Å²) in [5.74, 6) is 1.12. The summed E-state index contributed by atoms with van der Waals surface area (Å²) in [4.78, 5) is 4.61. The van der Waals surface area contributed by atoms with Crippen LogP contribution in [-0.2, 0) is 11.2 Å². The number of benzene rings is 1. The molecule has 2 rings (SSSR count). The highest BCUT2D eigenvalue weighted by Crippen LogP contribution is 2.21. The van der Waals surface area contributed by atoms with Gasteiger partial charge in [0.15, 0.2) is 0 Å². The van der Waals surface area contributed by atoms with E-state index in [2.05, 4.69) is 34.6 Å². The molecule has 0 unspecified atom stereocenters. The number of aryl methyl sites for hydroxylation is 1. The number of aliphatic imine (C=N–C) groups is 1. The van der Waals surface area contributed by atoms with E-state index in [0.717, 1.165) is 38.2 Å². The lowest BCUT2D eigenvalue weighted by molar-refractivity contribution is 0.197. The molecule has 1 heterocycles. The first-order valence-electron chi connectivity index (χ1n) is 6.27. The number of anilines is 1. The van der Waals surface area contributed by atoms with Gasteiger partial charge in [0.05, 0.1) is 0 Å². The number of halogens is 1. The van der Waals surface area contributed by atoms with Crippen molar-refractivity contribution in [2.75, 3.05) is 25.6 Å². The van der Waals surface area contributed by atoms with Gasteiger partial charge in [0.1, 0.15) is 5.84 Å². The average molecular weight is 269 g/mol. The molecule has 0 atom stereocenters. The van der Waals surface area contributed by atoms with E-state index in [9.17, 15) is 0 Å². The second kappa shape index (κ2) is 8.11. The molecule has 0 aromatic heterocycles. The molecule has 0 radical (unpaired) electrons. The summed E-state index contributed by atoms with van der Waals surface area (Å²) in [6.45, 7) is 1.63. The van der Waals surface area contributed by atoms with Crippen LogP contribution in [0.15, 0.2) is 29.3 Å². The summed E-state index contributed by atoms with van der Waals surface area (Å²) in [7, 11) is 1.73. The van der Waals surface area contributed by atoms with E-state index < -0.39 is 0 Å². The minimum atomic E-state index is 0. The highest BCUT2D eigenvalue weighted by atomic mass is 35.5. The summed E-state index contributed by atoms with van der Waals surface area (Å²) in [6.07, 6.45) is 4.35. The molecule has 1 aliphatic heterocycles. The predicted octanol–water partition coefficient (Wildman–Crippen LogP) is 3.29. The van der Waals surface area contributed by atoms with Crippen LogP contribution < -0.4 is 5.32 Å². The Morgan fingerprint density at radius 3 is 2.94 bits per heavy atom. The zero-order valence-electron chi connectivity index (χ0n) is 10.8. The molecule has 3 nitrogen and oxygen atoms in total. The van der Waals surface area contributed by atoms with E-state index in [0.29, 0.717) is 0 Å². The summed E-state index contributed by atoms with van der Waals surface area (Å²) < 4.78 is 5.02. The van der Waals surface area contributed by atoms with Crippen molar-refractivity contribution in [3.05, 3.63) is 29.8 Å². The minimum Gasteiger partial charge on any atom is -0.385 e. The fourth-order valence-electron chi connectivity index (χ4n) is 2.07. The van der Waals surface area contributed by atoms with Gasteiger partial charge in [-0.15, -0.1) is 12.4 Å². The van der Waals surface area contributed by atoms with Gasteiger partial charge >= 0.3 is 0 Å². The normalized spacial score (nSPS) is 16.4. The number of hydrogen-bond donors (Lipinski definition) is 1. The van der Waals surface area contributed by atoms with Crippen molar-refractivity contribution in [2.24, 2.45) is 4.99 Å². The largest absolute Gasteiger partial charge is 0.385 e. The van der Waals surface area contributed by atoms with Crippen molar-refractivity contribution in [1.82, 2.24) is 0 Å². The minimum absolute atomic E-state index is 0. The zero-order chi connectivity index (χ0) is 11.9. The maximum Gasteiger partial charge on any atom is 0.101 e. The first kappa shape index (κ1) is 15.0. The summed E-state index contributed by atoms with van der Waals surface area (Å²) in [6, 6.07) is 8.49. The maximum absolute atomic E-state index is 5.02. The Bertz CT molecular complexity index is 393. The van der Waals surface area contributed by atoms with Crippen LogP contribution in [0.5, 0.6) is 0 Å². The molecule has 0 bridgehead atoms. The molecule has 0 aliphatic carbocycles. The van der Waals surface area contributed by atoms with E-state index in [1.165, 1.54) is 17.7 Å². The molecule has 0 spiro atoms. The Morgan fingerprint density at radius 2 is 2.11 bits per heavy atom. The number of amidine groups is 1. The molecule has 18 heavy (non-hydrogen) atoms. The van der Waals surface area contributed by atoms with Gasteiger partial charge < -0.3 is 10.1 Å². The van der Waals surface area contributed by atoms with Gasteiger partial charge in [-0.2, -0.15) is 0 Å². The fraction of sp³-hybridized carbons (Fsp3) is 0.500. The van der Waals surface area contributed by atoms with E-state index in [-0.39, 0.29) is 12.4 Å². The molecule has 4 heteroatoms. The number of fused-ring (bicyclic) bond motifs is 1.